The minimum absolute atomic E-state index is 0.120. The molecule has 11 rings (SSSR count). The van der Waals surface area contributed by atoms with Gasteiger partial charge in [0.15, 0.2) is 28.5 Å². The highest BCUT2D eigenvalue weighted by molar-refractivity contribution is 7.99. The molecule has 2 fully saturated rings. The molecule has 7 atom stereocenters. The standard InChI is InChI=1S/C41H45N3O8S/c1-6-43-26-16-22-15-19(2)34(48-5)33(45)29(22)31(43)32-37-28-20(3)21(4)35-36(51-18-50-35)30(28)25(44(32)39(26)46)12-14-49-40(47)41(17-53-37)38-24(11-13-42-41)23-9-7-8-10-27(23)52-38/h7-10,15,25-26,31-32,37,39,42,45-46H,6,11-14,16-18H2,1-5H3/t25-,26-,31+,32+,37+,39-,41+/m0/s1. The predicted octanol–water partition coefficient (Wildman–Crippen LogP) is 5.61. The molecular formula is C41H45N3O8S. The van der Waals surface area contributed by atoms with E-state index in [1.807, 2.05) is 25.1 Å². The number of aryl methyl sites for hydroxylation is 1. The predicted molar refractivity (Wildman–Crippen MR) is 199 cm³/mol. The van der Waals surface area contributed by atoms with E-state index in [1.54, 1.807) is 18.9 Å². The maximum absolute atomic E-state index is 14.6. The Morgan fingerprint density at radius 1 is 1.08 bits per heavy atom. The largest absolute Gasteiger partial charge is 0.504 e. The van der Waals surface area contributed by atoms with E-state index in [0.717, 1.165) is 67.6 Å². The van der Waals surface area contributed by atoms with Gasteiger partial charge in [-0.15, -0.1) is 11.8 Å². The lowest BCUT2D eigenvalue weighted by molar-refractivity contribution is -0.181. The molecule has 0 radical (unpaired) electrons. The number of furan rings is 1. The lowest BCUT2D eigenvalue weighted by atomic mass is 9.71. The number of phenolic OH excluding ortho intramolecular Hbond substituents is 1. The van der Waals surface area contributed by atoms with Gasteiger partial charge in [-0.25, -0.2) is 4.79 Å². The summed E-state index contributed by atoms with van der Waals surface area (Å²) in [5.74, 6) is 2.66. The topological polar surface area (TPSA) is 126 Å². The fraction of sp³-hybridized carbons (Fsp3) is 0.488. The number of aliphatic hydroxyl groups is 1. The average molecular weight is 740 g/mol. The quantitative estimate of drug-likeness (QED) is 0.222. The summed E-state index contributed by atoms with van der Waals surface area (Å²) in [5.41, 5.74) is 7.56. The van der Waals surface area contributed by atoms with E-state index >= 15 is 0 Å². The normalized spacial score (nSPS) is 30.3. The summed E-state index contributed by atoms with van der Waals surface area (Å²) < 4.78 is 31.2. The third-order valence-electron chi connectivity index (χ3n) is 13.0. The van der Waals surface area contributed by atoms with Gasteiger partial charge in [-0.05, 0) is 74.0 Å². The molecule has 7 aliphatic heterocycles. The number of benzene rings is 3. The molecule has 0 unspecified atom stereocenters. The molecule has 0 aliphatic carbocycles. The van der Waals surface area contributed by atoms with Gasteiger partial charge in [0, 0.05) is 58.1 Å². The number of aliphatic hydroxyl groups excluding tert-OH is 1. The van der Waals surface area contributed by atoms with Crippen LogP contribution in [0, 0.1) is 20.8 Å². The van der Waals surface area contributed by atoms with E-state index in [-0.39, 0.29) is 54.5 Å². The number of ether oxygens (including phenoxy) is 4. The number of phenols is 1. The molecule has 3 aromatic carbocycles. The van der Waals surface area contributed by atoms with Gasteiger partial charge in [0.1, 0.15) is 17.6 Å². The molecule has 53 heavy (non-hydrogen) atoms. The summed E-state index contributed by atoms with van der Waals surface area (Å²) in [6, 6.07) is 8.90. The van der Waals surface area contributed by atoms with E-state index in [2.05, 4.69) is 48.0 Å². The number of piperazine rings is 1. The Labute approximate surface area is 312 Å². The number of rotatable bonds is 2. The molecule has 1 aromatic heterocycles. The van der Waals surface area contributed by atoms with Gasteiger partial charge in [-0.2, -0.15) is 0 Å². The van der Waals surface area contributed by atoms with Crippen molar-refractivity contribution >= 4 is 28.7 Å². The van der Waals surface area contributed by atoms with Gasteiger partial charge in [-0.3, -0.25) is 15.1 Å². The van der Waals surface area contributed by atoms with Gasteiger partial charge in [0.05, 0.1) is 25.8 Å². The Morgan fingerprint density at radius 2 is 1.89 bits per heavy atom. The fourth-order valence-electron chi connectivity index (χ4n) is 10.7. The van der Waals surface area contributed by atoms with Crippen LogP contribution in [-0.4, -0.2) is 83.6 Å². The molecule has 4 bridgehead atoms. The van der Waals surface area contributed by atoms with Crippen molar-refractivity contribution in [3.05, 3.63) is 80.6 Å². The molecule has 12 heteroatoms. The van der Waals surface area contributed by atoms with Gasteiger partial charge < -0.3 is 33.6 Å². The number of esters is 1. The van der Waals surface area contributed by atoms with Crippen LogP contribution in [0.15, 0.2) is 34.7 Å². The summed E-state index contributed by atoms with van der Waals surface area (Å²) in [6.45, 7) is 9.84. The molecule has 7 aliphatic rings. The Bertz CT molecular complexity index is 2200. The van der Waals surface area contributed by atoms with Crippen molar-refractivity contribution in [3.63, 3.8) is 0 Å². The van der Waals surface area contributed by atoms with Gasteiger partial charge in [0.25, 0.3) is 0 Å². The van der Waals surface area contributed by atoms with Crippen LogP contribution in [0.25, 0.3) is 11.0 Å². The van der Waals surface area contributed by atoms with Gasteiger partial charge >= 0.3 is 5.97 Å². The second-order valence-electron chi connectivity index (χ2n) is 15.3. The van der Waals surface area contributed by atoms with Crippen molar-refractivity contribution < 1.29 is 38.4 Å². The second-order valence-corrected chi connectivity index (χ2v) is 16.5. The average Bonchev–Trinajstić information content (AvgIpc) is 3.80. The zero-order valence-corrected chi connectivity index (χ0v) is 31.5. The van der Waals surface area contributed by atoms with Crippen LogP contribution in [0.4, 0.5) is 0 Å². The number of hydrogen-bond donors (Lipinski definition) is 3. The first kappa shape index (κ1) is 33.6. The van der Waals surface area contributed by atoms with E-state index < -0.39 is 11.8 Å². The fourth-order valence-corrected chi connectivity index (χ4v) is 12.5. The zero-order chi connectivity index (χ0) is 36.5. The van der Waals surface area contributed by atoms with Crippen molar-refractivity contribution in [1.29, 1.82) is 0 Å². The third-order valence-corrected chi connectivity index (χ3v) is 14.5. The first-order chi connectivity index (χ1) is 25.7. The highest BCUT2D eigenvalue weighted by Gasteiger charge is 2.61. The number of fused-ring (bicyclic) bond motifs is 12. The van der Waals surface area contributed by atoms with E-state index in [9.17, 15) is 15.0 Å². The molecule has 4 aromatic rings. The highest BCUT2D eigenvalue weighted by atomic mass is 32.2. The van der Waals surface area contributed by atoms with Gasteiger partial charge in [0.2, 0.25) is 6.79 Å². The lowest BCUT2D eigenvalue weighted by Crippen LogP contribution is -2.70. The number of likely N-dealkylation sites (N-methyl/N-ethyl adjacent to an activating group) is 1. The van der Waals surface area contributed by atoms with Crippen LogP contribution in [0.2, 0.25) is 0 Å². The number of carbonyl (C=O) groups is 1. The van der Waals surface area contributed by atoms with Crippen LogP contribution in [0.1, 0.15) is 80.9 Å². The number of aromatic hydroxyl groups is 1. The van der Waals surface area contributed by atoms with Crippen LogP contribution in [0.5, 0.6) is 23.0 Å². The summed E-state index contributed by atoms with van der Waals surface area (Å²) in [7, 11) is 1.60. The molecule has 2 saturated heterocycles. The monoisotopic (exact) mass is 739 g/mol. The number of carbonyl (C=O) groups excluding carboxylic acids is 1. The van der Waals surface area contributed by atoms with Crippen molar-refractivity contribution in [3.8, 4) is 23.0 Å². The van der Waals surface area contributed by atoms with Crippen LogP contribution >= 0.6 is 11.8 Å². The summed E-state index contributed by atoms with van der Waals surface area (Å²) in [6.07, 6.45) is 0.875. The van der Waals surface area contributed by atoms with Crippen LogP contribution in [0.3, 0.4) is 0 Å². The SMILES string of the molecule is CCN1[C@@H]2c3c(cc(C)c(OC)c3O)C[C@H]1[C@H](O)N1[C@H]2[C@@H]2SC[C@]3(NCCc4c3oc3ccccc43)C(=O)OCC[C@H]1c1c3c(c(C)c(C)c12)OCO3. The maximum atomic E-state index is 14.6. The third kappa shape index (κ3) is 4.41. The molecule has 11 nitrogen and oxygen atoms in total. The number of para-hydroxylation sites is 1. The Hall–Kier alpha value is -3.94. The summed E-state index contributed by atoms with van der Waals surface area (Å²) >= 11 is 1.69. The summed E-state index contributed by atoms with van der Waals surface area (Å²) in [4.78, 5) is 19.3. The second kappa shape index (κ2) is 12.0. The maximum Gasteiger partial charge on any atom is 0.335 e. The summed E-state index contributed by atoms with van der Waals surface area (Å²) in [5, 5.41) is 29.2. The van der Waals surface area contributed by atoms with Crippen molar-refractivity contribution in [2.24, 2.45) is 0 Å². The number of methoxy groups -OCH3 is 1. The smallest absolute Gasteiger partial charge is 0.335 e. The Morgan fingerprint density at radius 3 is 2.70 bits per heavy atom. The van der Waals surface area contributed by atoms with Crippen molar-refractivity contribution in [1.82, 2.24) is 15.1 Å². The molecule has 8 heterocycles. The number of hydrogen-bond acceptors (Lipinski definition) is 12. The number of nitrogens with zero attached hydrogens (tertiary/aromatic N) is 2. The molecule has 278 valence electrons. The molecule has 0 saturated carbocycles. The van der Waals surface area contributed by atoms with E-state index in [1.165, 1.54) is 0 Å². The molecular weight excluding hydrogens is 695 g/mol. The van der Waals surface area contributed by atoms with Crippen molar-refractivity contribution in [2.75, 3.05) is 39.4 Å². The Balaban J connectivity index is 1.23. The van der Waals surface area contributed by atoms with Crippen LogP contribution < -0.4 is 19.5 Å². The first-order valence-corrected chi connectivity index (χ1v) is 19.8. The van der Waals surface area contributed by atoms with Crippen LogP contribution in [-0.2, 0) is 27.9 Å². The minimum Gasteiger partial charge on any atom is -0.504 e. The minimum atomic E-state index is -1.24. The first-order valence-electron chi connectivity index (χ1n) is 18.8. The zero-order valence-electron chi connectivity index (χ0n) is 30.7. The molecule has 1 spiro atoms. The molecule has 3 N–H and O–H groups in total. The highest BCUT2D eigenvalue weighted by Crippen LogP contribution is 2.63. The lowest BCUT2D eigenvalue weighted by Gasteiger charge is -2.62. The van der Waals surface area contributed by atoms with Crippen molar-refractivity contribution in [2.45, 2.75) is 88.1 Å². The number of thioether (sulfide) groups is 1. The van der Waals surface area contributed by atoms with E-state index in [4.69, 9.17) is 23.4 Å². The van der Waals surface area contributed by atoms with E-state index in [0.29, 0.717) is 48.9 Å². The number of nitrogens with one attached hydrogen (secondary N) is 1. The Kier molecular flexibility index (Phi) is 7.63. The van der Waals surface area contributed by atoms with Gasteiger partial charge in [-0.1, -0.05) is 31.2 Å². The molecule has 0 amide bonds.